The van der Waals surface area contributed by atoms with Crippen molar-refractivity contribution in [2.45, 2.75) is 44.6 Å². The summed E-state index contributed by atoms with van der Waals surface area (Å²) in [4.78, 5) is 15.8. The fraction of sp³-hybridized carbons (Fsp3) is 0.600. The molecule has 0 aliphatic heterocycles. The molecule has 1 heterocycles. The second-order valence-electron chi connectivity index (χ2n) is 5.35. The lowest BCUT2D eigenvalue weighted by Gasteiger charge is -2.27. The first-order valence-electron chi connectivity index (χ1n) is 7.25. The zero-order chi connectivity index (χ0) is 14.4. The molecule has 1 fully saturated rings. The van der Waals surface area contributed by atoms with Gasteiger partial charge in [-0.2, -0.15) is 0 Å². The maximum Gasteiger partial charge on any atom is 0.254 e. The SMILES string of the molecule is O=C(NCCCC1CCCCC1O)c1cccnc1Cl. The van der Waals surface area contributed by atoms with Gasteiger partial charge in [0, 0.05) is 12.7 Å². The Morgan fingerprint density at radius 1 is 1.45 bits per heavy atom. The van der Waals surface area contributed by atoms with Gasteiger partial charge in [0.1, 0.15) is 5.15 Å². The number of carbonyl (C=O) groups excluding carboxylic acids is 1. The Morgan fingerprint density at radius 3 is 3.00 bits per heavy atom. The van der Waals surface area contributed by atoms with Crippen molar-refractivity contribution in [1.29, 1.82) is 0 Å². The smallest absolute Gasteiger partial charge is 0.254 e. The summed E-state index contributed by atoms with van der Waals surface area (Å²) in [6.07, 6.45) is 7.60. The molecule has 1 aliphatic rings. The minimum absolute atomic E-state index is 0.160. The molecule has 1 amide bonds. The third-order valence-corrected chi connectivity index (χ3v) is 4.21. The Balaban J connectivity index is 1.71. The van der Waals surface area contributed by atoms with E-state index < -0.39 is 0 Å². The molecule has 0 aromatic carbocycles. The molecule has 1 aliphatic carbocycles. The van der Waals surface area contributed by atoms with Gasteiger partial charge in [0.15, 0.2) is 0 Å². The highest BCUT2D eigenvalue weighted by Gasteiger charge is 2.22. The molecule has 1 aromatic heterocycles. The molecule has 2 N–H and O–H groups in total. The summed E-state index contributed by atoms with van der Waals surface area (Å²) in [7, 11) is 0. The summed E-state index contributed by atoms with van der Waals surface area (Å²) in [6, 6.07) is 3.36. The zero-order valence-electron chi connectivity index (χ0n) is 11.5. The average molecular weight is 297 g/mol. The van der Waals surface area contributed by atoms with E-state index in [0.717, 1.165) is 32.1 Å². The molecule has 2 rings (SSSR count). The topological polar surface area (TPSA) is 62.2 Å². The molecule has 0 radical (unpaired) electrons. The Morgan fingerprint density at radius 2 is 2.25 bits per heavy atom. The number of halogens is 1. The lowest BCUT2D eigenvalue weighted by atomic mass is 9.83. The zero-order valence-corrected chi connectivity index (χ0v) is 12.3. The number of carbonyl (C=O) groups is 1. The molecule has 1 saturated carbocycles. The van der Waals surface area contributed by atoms with Gasteiger partial charge in [-0.25, -0.2) is 4.98 Å². The molecule has 0 bridgehead atoms. The number of rotatable bonds is 5. The predicted octanol–water partition coefficient (Wildman–Crippen LogP) is 2.80. The Bertz CT molecular complexity index is 453. The van der Waals surface area contributed by atoms with E-state index in [2.05, 4.69) is 10.3 Å². The predicted molar refractivity (Wildman–Crippen MR) is 78.8 cm³/mol. The Kier molecular flexibility index (Phi) is 5.80. The van der Waals surface area contributed by atoms with Gasteiger partial charge in [-0.15, -0.1) is 0 Å². The number of pyridine rings is 1. The first-order valence-corrected chi connectivity index (χ1v) is 7.63. The van der Waals surface area contributed by atoms with Gasteiger partial charge >= 0.3 is 0 Å². The maximum absolute atomic E-state index is 11.9. The van der Waals surface area contributed by atoms with Gasteiger partial charge in [-0.1, -0.05) is 24.4 Å². The largest absolute Gasteiger partial charge is 0.393 e. The van der Waals surface area contributed by atoms with Crippen LogP contribution in [0.1, 0.15) is 48.9 Å². The van der Waals surface area contributed by atoms with Crippen LogP contribution in [0.15, 0.2) is 18.3 Å². The lowest BCUT2D eigenvalue weighted by Crippen LogP contribution is -2.28. The Labute approximate surface area is 124 Å². The van der Waals surface area contributed by atoms with E-state index in [1.165, 1.54) is 6.42 Å². The summed E-state index contributed by atoms with van der Waals surface area (Å²) in [5, 5.41) is 13.0. The minimum atomic E-state index is -0.188. The molecule has 110 valence electrons. The van der Waals surface area contributed by atoms with Crippen LogP contribution < -0.4 is 5.32 Å². The van der Waals surface area contributed by atoms with E-state index in [1.807, 2.05) is 0 Å². The van der Waals surface area contributed by atoms with Crippen LogP contribution in [0, 0.1) is 5.92 Å². The number of nitrogens with one attached hydrogen (secondary N) is 1. The number of aromatic nitrogens is 1. The summed E-state index contributed by atoms with van der Waals surface area (Å²) < 4.78 is 0. The molecule has 2 atom stereocenters. The third kappa shape index (κ3) is 4.18. The standard InChI is InChI=1S/C15H21ClN2O2/c16-14-12(7-4-9-17-14)15(20)18-10-3-6-11-5-1-2-8-13(11)19/h4,7,9,11,13,19H,1-3,5-6,8,10H2,(H,18,20). The number of hydrogen-bond acceptors (Lipinski definition) is 3. The maximum atomic E-state index is 11.9. The van der Waals surface area contributed by atoms with Crippen LogP contribution in [0.3, 0.4) is 0 Å². The van der Waals surface area contributed by atoms with Crippen molar-refractivity contribution in [1.82, 2.24) is 10.3 Å². The monoisotopic (exact) mass is 296 g/mol. The molecule has 4 nitrogen and oxygen atoms in total. The third-order valence-electron chi connectivity index (χ3n) is 3.91. The molecular weight excluding hydrogens is 276 g/mol. The highest BCUT2D eigenvalue weighted by Crippen LogP contribution is 2.27. The minimum Gasteiger partial charge on any atom is -0.393 e. The number of hydrogen-bond donors (Lipinski definition) is 2. The summed E-state index contributed by atoms with van der Waals surface area (Å²) >= 11 is 5.87. The first kappa shape index (κ1) is 15.3. The second-order valence-corrected chi connectivity index (χ2v) is 5.71. The van der Waals surface area contributed by atoms with E-state index in [9.17, 15) is 9.90 Å². The fourth-order valence-corrected chi connectivity index (χ4v) is 2.95. The number of nitrogens with zero attached hydrogens (tertiary/aromatic N) is 1. The van der Waals surface area contributed by atoms with E-state index in [4.69, 9.17) is 11.6 Å². The van der Waals surface area contributed by atoms with Crippen molar-refractivity contribution in [3.63, 3.8) is 0 Å². The summed E-state index contributed by atoms with van der Waals surface area (Å²) in [5.74, 6) is 0.204. The quantitative estimate of drug-likeness (QED) is 0.649. The lowest BCUT2D eigenvalue weighted by molar-refractivity contribution is 0.0641. The van der Waals surface area contributed by atoms with Crippen molar-refractivity contribution < 1.29 is 9.90 Å². The summed E-state index contributed by atoms with van der Waals surface area (Å²) in [6.45, 7) is 0.604. The molecule has 0 saturated heterocycles. The van der Waals surface area contributed by atoms with Gasteiger partial charge in [0.2, 0.25) is 0 Å². The normalized spacial score (nSPS) is 22.5. The fourth-order valence-electron chi connectivity index (χ4n) is 2.74. The molecule has 20 heavy (non-hydrogen) atoms. The molecule has 2 unspecified atom stereocenters. The van der Waals surface area contributed by atoms with Crippen LogP contribution >= 0.6 is 11.6 Å². The van der Waals surface area contributed by atoms with Crippen LogP contribution in [0.2, 0.25) is 5.15 Å². The van der Waals surface area contributed by atoms with E-state index in [-0.39, 0.29) is 17.2 Å². The van der Waals surface area contributed by atoms with E-state index >= 15 is 0 Å². The van der Waals surface area contributed by atoms with Crippen LogP contribution in [-0.2, 0) is 0 Å². The number of aliphatic hydroxyl groups is 1. The van der Waals surface area contributed by atoms with Crippen molar-refractivity contribution in [2.24, 2.45) is 5.92 Å². The van der Waals surface area contributed by atoms with Crippen molar-refractivity contribution in [3.8, 4) is 0 Å². The Hall–Kier alpha value is -1.13. The van der Waals surface area contributed by atoms with Crippen LogP contribution in [-0.4, -0.2) is 28.6 Å². The van der Waals surface area contributed by atoms with Gasteiger partial charge < -0.3 is 10.4 Å². The van der Waals surface area contributed by atoms with E-state index in [0.29, 0.717) is 18.0 Å². The van der Waals surface area contributed by atoms with Gasteiger partial charge in [0.25, 0.3) is 5.91 Å². The molecule has 1 aromatic rings. The molecule has 5 heteroatoms. The molecular formula is C15H21ClN2O2. The van der Waals surface area contributed by atoms with Crippen molar-refractivity contribution in [2.75, 3.05) is 6.54 Å². The highest BCUT2D eigenvalue weighted by molar-refractivity contribution is 6.32. The first-order chi connectivity index (χ1) is 9.68. The van der Waals surface area contributed by atoms with Crippen LogP contribution in [0.5, 0.6) is 0 Å². The van der Waals surface area contributed by atoms with E-state index in [1.54, 1.807) is 18.3 Å². The van der Waals surface area contributed by atoms with Crippen LogP contribution in [0.25, 0.3) is 0 Å². The van der Waals surface area contributed by atoms with Crippen LogP contribution in [0.4, 0.5) is 0 Å². The molecule has 0 spiro atoms. The van der Waals surface area contributed by atoms with Crippen molar-refractivity contribution in [3.05, 3.63) is 29.0 Å². The summed E-state index contributed by atoms with van der Waals surface area (Å²) in [5.41, 5.74) is 0.409. The second kappa shape index (κ2) is 7.60. The number of amides is 1. The van der Waals surface area contributed by atoms with Gasteiger partial charge in [-0.3, -0.25) is 4.79 Å². The average Bonchev–Trinajstić information content (AvgIpc) is 2.45. The van der Waals surface area contributed by atoms with Gasteiger partial charge in [-0.05, 0) is 43.7 Å². The van der Waals surface area contributed by atoms with Gasteiger partial charge in [0.05, 0.1) is 11.7 Å². The van der Waals surface area contributed by atoms with Crippen molar-refractivity contribution >= 4 is 17.5 Å². The highest BCUT2D eigenvalue weighted by atomic mass is 35.5. The number of aliphatic hydroxyl groups excluding tert-OH is 1.